The summed E-state index contributed by atoms with van der Waals surface area (Å²) in [5.74, 6) is -0.317. The van der Waals surface area contributed by atoms with E-state index in [2.05, 4.69) is 0 Å². The number of hydrogen-bond acceptors (Lipinski definition) is 4. The Balaban J connectivity index is 2.03. The van der Waals surface area contributed by atoms with E-state index in [4.69, 9.17) is 13.7 Å². The van der Waals surface area contributed by atoms with Gasteiger partial charge >= 0.3 is 12.9 Å². The van der Waals surface area contributed by atoms with Gasteiger partial charge in [0.05, 0.1) is 16.7 Å². The Morgan fingerprint density at radius 2 is 1.77 bits per heavy atom. The van der Waals surface area contributed by atoms with Gasteiger partial charge in [0.15, 0.2) is 5.58 Å². The highest BCUT2D eigenvalue weighted by Crippen LogP contribution is 2.36. The van der Waals surface area contributed by atoms with Crippen molar-refractivity contribution in [1.82, 2.24) is 4.57 Å². The second-order valence-electron chi connectivity index (χ2n) is 6.84. The number of rotatable bonds is 3. The van der Waals surface area contributed by atoms with Crippen LogP contribution in [0.3, 0.4) is 0 Å². The SMILES string of the molecule is CCCn1c(=O)oc2ccc(B3OC(C)(C)C(C)(C)O3)cc21. The number of aryl methyl sites for hydroxylation is 1. The van der Waals surface area contributed by atoms with E-state index in [-0.39, 0.29) is 17.0 Å². The molecule has 0 unspecified atom stereocenters. The van der Waals surface area contributed by atoms with Crippen molar-refractivity contribution in [2.24, 2.45) is 0 Å². The predicted molar refractivity (Wildman–Crippen MR) is 86.5 cm³/mol. The Labute approximate surface area is 130 Å². The van der Waals surface area contributed by atoms with Crippen molar-refractivity contribution < 1.29 is 13.7 Å². The highest BCUT2D eigenvalue weighted by molar-refractivity contribution is 6.62. The van der Waals surface area contributed by atoms with Gasteiger partial charge in [0.1, 0.15) is 0 Å². The van der Waals surface area contributed by atoms with Crippen molar-refractivity contribution in [2.75, 3.05) is 0 Å². The quantitative estimate of drug-likeness (QED) is 0.817. The summed E-state index contributed by atoms with van der Waals surface area (Å²) in [6.07, 6.45) is 0.870. The Hall–Kier alpha value is -1.53. The van der Waals surface area contributed by atoms with Crippen LogP contribution >= 0.6 is 0 Å². The maximum Gasteiger partial charge on any atom is 0.494 e. The molecule has 1 aromatic heterocycles. The minimum absolute atomic E-state index is 0.317. The van der Waals surface area contributed by atoms with E-state index >= 15 is 0 Å². The van der Waals surface area contributed by atoms with Gasteiger partial charge in [-0.15, -0.1) is 0 Å². The summed E-state index contributed by atoms with van der Waals surface area (Å²) in [5, 5.41) is 0. The highest BCUT2D eigenvalue weighted by Gasteiger charge is 2.51. The van der Waals surface area contributed by atoms with Crippen molar-refractivity contribution in [2.45, 2.75) is 58.8 Å². The average molecular weight is 303 g/mol. The fourth-order valence-corrected chi connectivity index (χ4v) is 2.64. The lowest BCUT2D eigenvalue weighted by Crippen LogP contribution is -2.41. The largest absolute Gasteiger partial charge is 0.494 e. The summed E-state index contributed by atoms with van der Waals surface area (Å²) in [7, 11) is -0.436. The van der Waals surface area contributed by atoms with Crippen LogP contribution in [0.4, 0.5) is 0 Å². The fourth-order valence-electron chi connectivity index (χ4n) is 2.64. The zero-order chi connectivity index (χ0) is 16.1. The third kappa shape index (κ3) is 2.30. The third-order valence-electron chi connectivity index (χ3n) is 4.66. The molecular weight excluding hydrogens is 281 g/mol. The maximum atomic E-state index is 11.9. The second kappa shape index (κ2) is 5.00. The van der Waals surface area contributed by atoms with E-state index in [9.17, 15) is 4.79 Å². The molecule has 0 aliphatic carbocycles. The van der Waals surface area contributed by atoms with Crippen LogP contribution in [-0.4, -0.2) is 22.9 Å². The van der Waals surface area contributed by atoms with Crippen LogP contribution in [0, 0.1) is 0 Å². The molecule has 1 aliphatic heterocycles. The topological polar surface area (TPSA) is 53.6 Å². The van der Waals surface area contributed by atoms with E-state index in [1.807, 2.05) is 52.8 Å². The molecule has 0 N–H and O–H groups in total. The molecule has 0 atom stereocenters. The molecule has 1 saturated heterocycles. The van der Waals surface area contributed by atoms with Crippen LogP contribution in [0.1, 0.15) is 41.0 Å². The average Bonchev–Trinajstić information content (AvgIpc) is 2.84. The Morgan fingerprint density at radius 3 is 2.36 bits per heavy atom. The number of benzene rings is 1. The minimum atomic E-state index is -0.436. The number of oxazole rings is 1. The summed E-state index contributed by atoms with van der Waals surface area (Å²) >= 11 is 0. The normalized spacial score (nSPS) is 20.0. The molecule has 1 fully saturated rings. The summed E-state index contributed by atoms with van der Waals surface area (Å²) in [6.45, 7) is 10.8. The first-order valence-electron chi connectivity index (χ1n) is 7.74. The van der Waals surface area contributed by atoms with E-state index < -0.39 is 7.12 Å². The van der Waals surface area contributed by atoms with E-state index in [1.54, 1.807) is 4.57 Å². The molecular formula is C16H22BNO4. The van der Waals surface area contributed by atoms with Gasteiger partial charge in [0.2, 0.25) is 0 Å². The first-order chi connectivity index (χ1) is 10.2. The number of fused-ring (bicyclic) bond motifs is 1. The van der Waals surface area contributed by atoms with Crippen molar-refractivity contribution in [1.29, 1.82) is 0 Å². The molecule has 0 bridgehead atoms. The van der Waals surface area contributed by atoms with Crippen molar-refractivity contribution >= 4 is 23.7 Å². The molecule has 0 amide bonds. The summed E-state index contributed by atoms with van der Waals surface area (Å²) in [4.78, 5) is 11.9. The van der Waals surface area contributed by atoms with Gasteiger partial charge in [0.25, 0.3) is 0 Å². The Morgan fingerprint density at radius 1 is 1.14 bits per heavy atom. The van der Waals surface area contributed by atoms with Crippen LogP contribution in [-0.2, 0) is 15.9 Å². The van der Waals surface area contributed by atoms with Gasteiger partial charge in [0, 0.05) is 6.54 Å². The van der Waals surface area contributed by atoms with Gasteiger partial charge in [-0.2, -0.15) is 0 Å². The van der Waals surface area contributed by atoms with Crippen molar-refractivity contribution in [3.8, 4) is 0 Å². The molecule has 6 heteroatoms. The smallest absolute Gasteiger partial charge is 0.408 e. The molecule has 0 saturated carbocycles. The maximum absolute atomic E-state index is 11.9. The van der Waals surface area contributed by atoms with E-state index in [1.165, 1.54) is 0 Å². The molecule has 2 aromatic rings. The molecule has 118 valence electrons. The van der Waals surface area contributed by atoms with Gasteiger partial charge in [-0.05, 0) is 51.7 Å². The molecule has 1 aromatic carbocycles. The molecule has 5 nitrogen and oxygen atoms in total. The molecule has 2 heterocycles. The van der Waals surface area contributed by atoms with Gasteiger partial charge in [-0.3, -0.25) is 4.57 Å². The highest BCUT2D eigenvalue weighted by atomic mass is 16.7. The van der Waals surface area contributed by atoms with E-state index in [0.29, 0.717) is 12.1 Å². The first-order valence-corrected chi connectivity index (χ1v) is 7.74. The van der Waals surface area contributed by atoms with Crippen molar-refractivity contribution in [3.63, 3.8) is 0 Å². The minimum Gasteiger partial charge on any atom is -0.408 e. The molecule has 0 radical (unpaired) electrons. The first kappa shape index (κ1) is 15.4. The van der Waals surface area contributed by atoms with E-state index in [0.717, 1.165) is 17.4 Å². The molecule has 22 heavy (non-hydrogen) atoms. The summed E-state index contributed by atoms with van der Waals surface area (Å²) < 4.78 is 19.1. The lowest BCUT2D eigenvalue weighted by Gasteiger charge is -2.32. The zero-order valence-electron chi connectivity index (χ0n) is 13.8. The molecule has 3 rings (SSSR count). The van der Waals surface area contributed by atoms with Crippen molar-refractivity contribution in [3.05, 3.63) is 28.7 Å². The monoisotopic (exact) mass is 303 g/mol. The fraction of sp³-hybridized carbons (Fsp3) is 0.562. The zero-order valence-corrected chi connectivity index (χ0v) is 13.8. The lowest BCUT2D eigenvalue weighted by atomic mass is 9.79. The van der Waals surface area contributed by atoms with Gasteiger partial charge in [-0.25, -0.2) is 4.79 Å². The lowest BCUT2D eigenvalue weighted by molar-refractivity contribution is 0.00578. The summed E-state index contributed by atoms with van der Waals surface area (Å²) in [5.41, 5.74) is 1.52. The number of nitrogens with zero attached hydrogens (tertiary/aromatic N) is 1. The predicted octanol–water partition coefficient (Wildman–Crippen LogP) is 2.30. The van der Waals surface area contributed by atoms with Crippen LogP contribution in [0.5, 0.6) is 0 Å². The molecule has 1 aliphatic rings. The second-order valence-corrected chi connectivity index (χ2v) is 6.84. The number of aromatic nitrogens is 1. The molecule has 0 spiro atoms. The standard InChI is InChI=1S/C16H22BNO4/c1-6-9-18-12-10-11(7-8-13(12)20-14(18)19)17-21-15(2,3)16(4,5)22-17/h7-8,10H,6,9H2,1-5H3. The van der Waals surface area contributed by atoms with Gasteiger partial charge in [-0.1, -0.05) is 13.0 Å². The van der Waals surface area contributed by atoms with Crippen LogP contribution in [0.2, 0.25) is 0 Å². The van der Waals surface area contributed by atoms with Crippen LogP contribution < -0.4 is 11.2 Å². The van der Waals surface area contributed by atoms with Crippen LogP contribution in [0.25, 0.3) is 11.1 Å². The summed E-state index contributed by atoms with van der Waals surface area (Å²) in [6, 6.07) is 5.63. The van der Waals surface area contributed by atoms with Crippen LogP contribution in [0.15, 0.2) is 27.4 Å². The number of hydrogen-bond donors (Lipinski definition) is 0. The Kier molecular flexibility index (Phi) is 3.49. The van der Waals surface area contributed by atoms with Gasteiger partial charge < -0.3 is 13.7 Å². The third-order valence-corrected chi connectivity index (χ3v) is 4.66. The Bertz CT molecular complexity index is 743.